The maximum atomic E-state index is 6.10. The number of pyridine rings is 1. The van der Waals surface area contributed by atoms with E-state index in [1.807, 2.05) is 23.7 Å². The molecular weight excluding hydrogens is 322 g/mol. The standard InChI is InChI=1S/C11H7BrClN3S/c12-6-3-5-17-9(6)8-10(14)16-4-1-2-7(13)11(16)15-8/h1-5H,14H2. The van der Waals surface area contributed by atoms with Crippen molar-refractivity contribution in [3.8, 4) is 10.6 Å². The first-order chi connectivity index (χ1) is 8.18. The lowest BCUT2D eigenvalue weighted by atomic mass is 10.3. The highest BCUT2D eigenvalue weighted by atomic mass is 79.9. The quantitative estimate of drug-likeness (QED) is 0.732. The number of nitrogens with two attached hydrogens (primary N) is 1. The van der Waals surface area contributed by atoms with Crippen LogP contribution in [0.1, 0.15) is 0 Å². The second-order valence-electron chi connectivity index (χ2n) is 3.49. The van der Waals surface area contributed by atoms with Crippen LogP contribution in [-0.4, -0.2) is 9.38 Å². The normalized spacial score (nSPS) is 11.2. The number of nitrogen functional groups attached to an aromatic ring is 1. The van der Waals surface area contributed by atoms with Crippen molar-refractivity contribution in [1.82, 2.24) is 9.38 Å². The molecule has 17 heavy (non-hydrogen) atoms. The molecule has 0 aliphatic heterocycles. The number of halogens is 2. The van der Waals surface area contributed by atoms with Gasteiger partial charge in [0.15, 0.2) is 5.65 Å². The molecular formula is C11H7BrClN3S. The number of aromatic nitrogens is 2. The monoisotopic (exact) mass is 327 g/mol. The minimum absolute atomic E-state index is 0.595. The van der Waals surface area contributed by atoms with Gasteiger partial charge in [0, 0.05) is 10.7 Å². The average Bonchev–Trinajstić information content (AvgIpc) is 2.85. The molecule has 0 saturated heterocycles. The SMILES string of the molecule is Nc1c(-c2sccc2Br)nc2c(Cl)cccn12. The lowest BCUT2D eigenvalue weighted by Gasteiger charge is -1.97. The first-order valence-corrected chi connectivity index (χ1v) is 6.89. The molecule has 0 amide bonds. The topological polar surface area (TPSA) is 43.3 Å². The van der Waals surface area contributed by atoms with Gasteiger partial charge in [-0.05, 0) is 39.5 Å². The fraction of sp³-hybridized carbons (Fsp3) is 0. The van der Waals surface area contributed by atoms with E-state index in [-0.39, 0.29) is 0 Å². The molecule has 0 unspecified atom stereocenters. The summed E-state index contributed by atoms with van der Waals surface area (Å²) in [5.41, 5.74) is 7.54. The molecule has 3 heterocycles. The molecule has 6 heteroatoms. The number of rotatable bonds is 1. The highest BCUT2D eigenvalue weighted by Gasteiger charge is 2.16. The first kappa shape index (κ1) is 11.1. The summed E-state index contributed by atoms with van der Waals surface area (Å²) in [6.45, 7) is 0. The Hall–Kier alpha value is -1.04. The van der Waals surface area contributed by atoms with E-state index in [1.54, 1.807) is 21.8 Å². The third-order valence-electron chi connectivity index (χ3n) is 2.47. The molecule has 3 aromatic rings. The molecule has 0 aliphatic carbocycles. The lowest BCUT2D eigenvalue weighted by Crippen LogP contribution is -1.93. The van der Waals surface area contributed by atoms with Crippen molar-refractivity contribution in [1.29, 1.82) is 0 Å². The van der Waals surface area contributed by atoms with Gasteiger partial charge in [-0.1, -0.05) is 11.6 Å². The van der Waals surface area contributed by atoms with Crippen LogP contribution in [0.3, 0.4) is 0 Å². The maximum absolute atomic E-state index is 6.10. The van der Waals surface area contributed by atoms with Crippen LogP contribution < -0.4 is 5.73 Å². The van der Waals surface area contributed by atoms with Crippen molar-refractivity contribution in [2.75, 3.05) is 5.73 Å². The molecule has 86 valence electrons. The smallest absolute Gasteiger partial charge is 0.158 e. The lowest BCUT2D eigenvalue weighted by molar-refractivity contribution is 1.20. The summed E-state index contributed by atoms with van der Waals surface area (Å²) in [5.74, 6) is 0.602. The number of hydrogen-bond donors (Lipinski definition) is 1. The predicted octanol–water partition coefficient (Wildman–Crippen LogP) is 4.06. The summed E-state index contributed by atoms with van der Waals surface area (Å²) in [6, 6.07) is 5.63. The molecule has 0 aromatic carbocycles. The van der Waals surface area contributed by atoms with E-state index in [4.69, 9.17) is 17.3 Å². The molecule has 0 bridgehead atoms. The van der Waals surface area contributed by atoms with Gasteiger partial charge in [-0.15, -0.1) is 11.3 Å². The molecule has 0 aliphatic rings. The van der Waals surface area contributed by atoms with E-state index in [2.05, 4.69) is 20.9 Å². The fourth-order valence-corrected chi connectivity index (χ4v) is 3.45. The minimum Gasteiger partial charge on any atom is -0.383 e. The number of anilines is 1. The molecule has 2 N–H and O–H groups in total. The van der Waals surface area contributed by atoms with Gasteiger partial charge in [-0.2, -0.15) is 0 Å². The van der Waals surface area contributed by atoms with Crippen molar-refractivity contribution in [3.05, 3.63) is 39.3 Å². The Bertz CT molecular complexity index is 704. The van der Waals surface area contributed by atoms with Crippen molar-refractivity contribution in [2.24, 2.45) is 0 Å². The van der Waals surface area contributed by atoms with E-state index < -0.39 is 0 Å². The summed E-state index contributed by atoms with van der Waals surface area (Å²) in [6.07, 6.45) is 1.86. The molecule has 0 spiro atoms. The van der Waals surface area contributed by atoms with Crippen LogP contribution in [0.2, 0.25) is 5.02 Å². The summed E-state index contributed by atoms with van der Waals surface area (Å²) in [7, 11) is 0. The predicted molar refractivity (Wildman–Crippen MR) is 75.6 cm³/mol. The van der Waals surface area contributed by atoms with Gasteiger partial charge in [0.1, 0.15) is 11.5 Å². The van der Waals surface area contributed by atoms with E-state index >= 15 is 0 Å². The zero-order chi connectivity index (χ0) is 12.0. The Kier molecular flexibility index (Phi) is 2.61. The summed E-state index contributed by atoms with van der Waals surface area (Å²) < 4.78 is 2.79. The van der Waals surface area contributed by atoms with Crippen LogP contribution in [0.5, 0.6) is 0 Å². The second-order valence-corrected chi connectivity index (χ2v) is 5.67. The van der Waals surface area contributed by atoms with Gasteiger partial charge < -0.3 is 5.73 Å². The summed E-state index contributed by atoms with van der Waals surface area (Å²) >= 11 is 11.2. The highest BCUT2D eigenvalue weighted by Crippen LogP contribution is 2.37. The Morgan fingerprint density at radius 1 is 1.41 bits per heavy atom. The molecule has 0 fully saturated rings. The van der Waals surface area contributed by atoms with Gasteiger partial charge in [0.05, 0.1) is 9.90 Å². The van der Waals surface area contributed by atoms with Crippen LogP contribution >= 0.6 is 38.9 Å². The van der Waals surface area contributed by atoms with E-state index in [0.717, 1.165) is 15.0 Å². The van der Waals surface area contributed by atoms with Crippen LogP contribution in [0.25, 0.3) is 16.2 Å². The maximum Gasteiger partial charge on any atom is 0.158 e. The minimum atomic E-state index is 0.595. The van der Waals surface area contributed by atoms with Crippen molar-refractivity contribution in [3.63, 3.8) is 0 Å². The Morgan fingerprint density at radius 2 is 2.24 bits per heavy atom. The number of imidazole rings is 1. The van der Waals surface area contributed by atoms with Gasteiger partial charge >= 0.3 is 0 Å². The van der Waals surface area contributed by atoms with Crippen LogP contribution in [-0.2, 0) is 0 Å². The first-order valence-electron chi connectivity index (χ1n) is 4.84. The summed E-state index contributed by atoms with van der Waals surface area (Å²) in [5, 5.41) is 2.59. The van der Waals surface area contributed by atoms with Gasteiger partial charge in [0.2, 0.25) is 0 Å². The van der Waals surface area contributed by atoms with E-state index in [0.29, 0.717) is 16.5 Å². The van der Waals surface area contributed by atoms with Gasteiger partial charge in [-0.25, -0.2) is 4.98 Å². The average molecular weight is 329 g/mol. The molecule has 3 rings (SSSR count). The number of fused-ring (bicyclic) bond motifs is 1. The second kappa shape index (κ2) is 4.01. The summed E-state index contributed by atoms with van der Waals surface area (Å²) in [4.78, 5) is 5.52. The Morgan fingerprint density at radius 3 is 2.88 bits per heavy atom. The van der Waals surface area contributed by atoms with Crippen molar-refractivity contribution < 1.29 is 0 Å². The third kappa shape index (κ3) is 1.66. The van der Waals surface area contributed by atoms with Gasteiger partial charge in [-0.3, -0.25) is 4.40 Å². The van der Waals surface area contributed by atoms with E-state index in [1.165, 1.54) is 0 Å². The Labute approximate surface area is 115 Å². The zero-order valence-corrected chi connectivity index (χ0v) is 11.7. The van der Waals surface area contributed by atoms with Crippen LogP contribution in [0.15, 0.2) is 34.2 Å². The number of nitrogens with zero attached hydrogens (tertiary/aromatic N) is 2. The number of hydrogen-bond acceptors (Lipinski definition) is 3. The molecule has 0 atom stereocenters. The van der Waals surface area contributed by atoms with Crippen molar-refractivity contribution in [2.45, 2.75) is 0 Å². The van der Waals surface area contributed by atoms with Crippen molar-refractivity contribution >= 4 is 50.3 Å². The molecule has 3 nitrogen and oxygen atoms in total. The fourth-order valence-electron chi connectivity index (χ4n) is 1.68. The van der Waals surface area contributed by atoms with Crippen LogP contribution in [0.4, 0.5) is 5.82 Å². The van der Waals surface area contributed by atoms with Crippen LogP contribution in [0, 0.1) is 0 Å². The zero-order valence-electron chi connectivity index (χ0n) is 8.52. The Balaban J connectivity index is 2.36. The van der Waals surface area contributed by atoms with Gasteiger partial charge in [0.25, 0.3) is 0 Å². The molecule has 0 saturated carbocycles. The van der Waals surface area contributed by atoms with E-state index in [9.17, 15) is 0 Å². The largest absolute Gasteiger partial charge is 0.383 e. The third-order valence-corrected chi connectivity index (χ3v) is 4.61. The highest BCUT2D eigenvalue weighted by molar-refractivity contribution is 9.10. The molecule has 3 aromatic heterocycles. The number of thiophene rings is 1. The molecule has 0 radical (unpaired) electrons.